The molecule has 0 spiro atoms. The first-order valence-corrected chi connectivity index (χ1v) is 15.4. The molecular formula is C35H37F2NO7. The molecule has 10 atom stereocenters. The van der Waals surface area contributed by atoms with Gasteiger partial charge >= 0.3 is 0 Å². The van der Waals surface area contributed by atoms with Gasteiger partial charge in [0.05, 0.1) is 12.2 Å². The molecule has 2 aromatic rings. The monoisotopic (exact) mass is 621 g/mol. The highest BCUT2D eigenvalue weighted by molar-refractivity contribution is 6.01. The third-order valence-electron chi connectivity index (χ3n) is 11.4. The molecule has 2 aromatic carbocycles. The number of halogens is 2. The van der Waals surface area contributed by atoms with Crippen LogP contribution < -0.4 is 10.1 Å². The van der Waals surface area contributed by atoms with E-state index in [4.69, 9.17) is 14.2 Å². The van der Waals surface area contributed by atoms with Crippen LogP contribution in [0.15, 0.2) is 72.3 Å². The minimum atomic E-state index is -2.30. The molecule has 3 N–H and O–H groups in total. The number of carbonyl (C=O) groups excluding carboxylic acids is 2. The van der Waals surface area contributed by atoms with Crippen molar-refractivity contribution in [2.45, 2.75) is 69.0 Å². The molecule has 45 heavy (non-hydrogen) atoms. The van der Waals surface area contributed by atoms with Gasteiger partial charge < -0.3 is 29.7 Å². The molecule has 10 heteroatoms. The summed E-state index contributed by atoms with van der Waals surface area (Å²) in [5.74, 6) is -1.43. The average molecular weight is 622 g/mol. The van der Waals surface area contributed by atoms with Crippen molar-refractivity contribution in [2.24, 2.45) is 22.7 Å². The molecule has 0 bridgehead atoms. The Hall–Kier alpha value is -3.44. The number of aliphatic hydroxyl groups excluding tert-OH is 2. The van der Waals surface area contributed by atoms with Gasteiger partial charge in [-0.3, -0.25) is 9.59 Å². The fraction of sp³-hybridized carbons (Fsp3) is 0.486. The van der Waals surface area contributed by atoms with Crippen molar-refractivity contribution in [2.75, 3.05) is 19.0 Å². The minimum absolute atomic E-state index is 0.0328. The van der Waals surface area contributed by atoms with Crippen LogP contribution in [0.5, 0.6) is 11.5 Å². The summed E-state index contributed by atoms with van der Waals surface area (Å²) in [7, 11) is 1.82. The number of rotatable bonds is 6. The van der Waals surface area contributed by atoms with Crippen molar-refractivity contribution in [3.05, 3.63) is 77.9 Å². The Balaban J connectivity index is 1.20. The van der Waals surface area contributed by atoms with Gasteiger partial charge in [0.1, 0.15) is 24.3 Å². The molecule has 238 valence electrons. The van der Waals surface area contributed by atoms with Crippen LogP contribution >= 0.6 is 0 Å². The first kappa shape index (κ1) is 30.2. The number of aliphatic hydroxyl groups is 2. The maximum absolute atomic E-state index is 17.6. The number of carbonyl (C=O) groups is 2. The second-order valence-corrected chi connectivity index (χ2v) is 13.4. The van der Waals surface area contributed by atoms with E-state index in [2.05, 4.69) is 5.32 Å². The van der Waals surface area contributed by atoms with Gasteiger partial charge in [0.15, 0.2) is 29.1 Å². The van der Waals surface area contributed by atoms with Crippen LogP contribution in [0.1, 0.15) is 45.0 Å². The predicted octanol–water partition coefficient (Wildman–Crippen LogP) is 5.16. The maximum Gasteiger partial charge on any atom is 0.193 e. The lowest BCUT2D eigenvalue weighted by molar-refractivity contribution is -0.235. The van der Waals surface area contributed by atoms with Crippen molar-refractivity contribution in [1.82, 2.24) is 0 Å². The van der Waals surface area contributed by atoms with Crippen molar-refractivity contribution in [3.63, 3.8) is 0 Å². The van der Waals surface area contributed by atoms with E-state index < -0.39 is 76.8 Å². The van der Waals surface area contributed by atoms with Crippen molar-refractivity contribution in [1.29, 1.82) is 0 Å². The molecule has 7 rings (SSSR count). The lowest BCUT2D eigenvalue weighted by Gasteiger charge is -2.63. The Morgan fingerprint density at radius 3 is 2.58 bits per heavy atom. The van der Waals surface area contributed by atoms with Gasteiger partial charge in [-0.15, -0.1) is 0 Å². The molecule has 8 nitrogen and oxygen atoms in total. The highest BCUT2D eigenvalue weighted by Crippen LogP contribution is 2.72. The molecule has 1 saturated heterocycles. The summed E-state index contributed by atoms with van der Waals surface area (Å²) in [6.07, 6.45) is -1.54. The normalized spacial score (nSPS) is 41.4. The van der Waals surface area contributed by atoms with Crippen molar-refractivity contribution in [3.8, 4) is 11.5 Å². The van der Waals surface area contributed by atoms with E-state index in [-0.39, 0.29) is 24.8 Å². The summed E-state index contributed by atoms with van der Waals surface area (Å²) in [4.78, 5) is 25.8. The topological polar surface area (TPSA) is 114 Å². The SMILES string of the molecule is CNc1cccc(Oc2ccc([C@H]3O[C@@H]4C[C@H]5[C@@H]6C[C@H](F)C7=CC(=O)C=C[C@]7(C)[C@@]6(F)[C@@H](O)C[C@]5(C)[C@]4(C(=O)CO)O3)cc2)c1. The van der Waals surface area contributed by atoms with E-state index in [0.717, 1.165) is 11.8 Å². The average Bonchev–Trinajstić information content (AvgIpc) is 3.53. The molecule has 0 aromatic heterocycles. The zero-order chi connectivity index (χ0) is 31.9. The minimum Gasteiger partial charge on any atom is -0.457 e. The summed E-state index contributed by atoms with van der Waals surface area (Å²) in [5, 5.41) is 24.9. The van der Waals surface area contributed by atoms with Gasteiger partial charge in [-0.2, -0.15) is 0 Å². The fourth-order valence-corrected chi connectivity index (χ4v) is 9.26. The molecular weight excluding hydrogens is 584 g/mol. The number of fused-ring (bicyclic) bond motifs is 7. The van der Waals surface area contributed by atoms with E-state index in [1.165, 1.54) is 19.1 Å². The third-order valence-corrected chi connectivity index (χ3v) is 11.4. The zero-order valence-electron chi connectivity index (χ0n) is 25.3. The van der Waals surface area contributed by atoms with Gasteiger partial charge in [0, 0.05) is 41.1 Å². The summed E-state index contributed by atoms with van der Waals surface area (Å²) >= 11 is 0. The van der Waals surface area contributed by atoms with Gasteiger partial charge in [0.2, 0.25) is 0 Å². The number of anilines is 1. The molecule has 4 fully saturated rings. The van der Waals surface area contributed by atoms with Crippen LogP contribution in [0, 0.1) is 22.7 Å². The first-order chi connectivity index (χ1) is 21.4. The third kappa shape index (κ3) is 4.01. The largest absolute Gasteiger partial charge is 0.457 e. The summed E-state index contributed by atoms with van der Waals surface area (Å²) in [6, 6.07) is 14.5. The molecule has 0 amide bonds. The second-order valence-electron chi connectivity index (χ2n) is 13.4. The number of benzene rings is 2. The highest BCUT2D eigenvalue weighted by atomic mass is 19.1. The Labute approximate surface area is 260 Å². The lowest BCUT2D eigenvalue weighted by atomic mass is 9.44. The van der Waals surface area contributed by atoms with Crippen LogP contribution in [-0.4, -0.2) is 65.1 Å². The summed E-state index contributed by atoms with van der Waals surface area (Å²) in [5.41, 5.74) is -5.17. The number of Topliss-reactive ketones (excluding diaryl/α,β-unsaturated/α-hetero) is 1. The molecule has 0 unspecified atom stereocenters. The number of hydrogen-bond acceptors (Lipinski definition) is 8. The van der Waals surface area contributed by atoms with Gasteiger partial charge in [-0.25, -0.2) is 8.78 Å². The lowest BCUT2D eigenvalue weighted by Crippen LogP contribution is -2.70. The van der Waals surface area contributed by atoms with E-state index in [1.807, 2.05) is 31.3 Å². The van der Waals surface area contributed by atoms with Crippen LogP contribution in [0.2, 0.25) is 0 Å². The Morgan fingerprint density at radius 2 is 1.87 bits per heavy atom. The van der Waals surface area contributed by atoms with E-state index in [9.17, 15) is 19.8 Å². The number of alkyl halides is 2. The van der Waals surface area contributed by atoms with E-state index >= 15 is 8.78 Å². The molecule has 4 aliphatic carbocycles. The standard InChI is InChI=1S/C35H37F2NO7/c1-32-12-11-21(40)14-26(32)27(36)15-25-24-16-30-35(29(42)18-39,33(24,2)17-28(41)34(25,32)37)45-31(44-30)19-7-9-22(10-8-19)43-23-6-4-5-20(13-23)38-3/h4-14,24-25,27-28,30-31,38-39,41H,15-18H2,1-3H3/t24-,25-,27-,28-,30+,31-,32-,33-,34-,35+/m0/s1. The van der Waals surface area contributed by atoms with Crippen LogP contribution in [0.4, 0.5) is 14.5 Å². The highest BCUT2D eigenvalue weighted by Gasteiger charge is 2.80. The molecule has 0 radical (unpaired) electrons. The first-order valence-electron chi connectivity index (χ1n) is 15.4. The van der Waals surface area contributed by atoms with Crippen LogP contribution in [-0.2, 0) is 19.1 Å². The number of hydrogen-bond donors (Lipinski definition) is 3. The summed E-state index contributed by atoms with van der Waals surface area (Å²) < 4.78 is 52.3. The van der Waals surface area contributed by atoms with Gasteiger partial charge in [-0.1, -0.05) is 31.2 Å². The number of nitrogens with one attached hydrogen (secondary N) is 1. The number of ether oxygens (including phenoxy) is 3. The Bertz CT molecular complexity index is 1610. The molecule has 1 aliphatic heterocycles. The fourth-order valence-electron chi connectivity index (χ4n) is 9.26. The molecule has 3 saturated carbocycles. The smallest absolute Gasteiger partial charge is 0.193 e. The van der Waals surface area contributed by atoms with Gasteiger partial charge in [0.25, 0.3) is 0 Å². The van der Waals surface area contributed by atoms with E-state index in [0.29, 0.717) is 17.1 Å². The van der Waals surface area contributed by atoms with E-state index in [1.54, 1.807) is 31.2 Å². The number of ketones is 2. The maximum atomic E-state index is 17.6. The van der Waals surface area contributed by atoms with Gasteiger partial charge in [-0.05, 0) is 74.1 Å². The quantitative estimate of drug-likeness (QED) is 0.405. The predicted molar refractivity (Wildman–Crippen MR) is 160 cm³/mol. The molecule has 1 heterocycles. The zero-order valence-corrected chi connectivity index (χ0v) is 25.3. The second kappa shape index (κ2) is 10.3. The molecule has 5 aliphatic rings. The van der Waals surface area contributed by atoms with Crippen molar-refractivity contribution < 1.29 is 42.8 Å². The summed E-state index contributed by atoms with van der Waals surface area (Å²) in [6.45, 7) is 2.46. The number of allylic oxidation sites excluding steroid dienone is 4. The van der Waals surface area contributed by atoms with Crippen molar-refractivity contribution >= 4 is 17.3 Å². The Morgan fingerprint density at radius 1 is 1.11 bits per heavy atom. The van der Waals surface area contributed by atoms with Crippen LogP contribution in [0.25, 0.3) is 0 Å². The van der Waals surface area contributed by atoms with Crippen LogP contribution in [0.3, 0.4) is 0 Å². The Kier molecular flexibility index (Phi) is 6.91.